The molecule has 0 aromatic heterocycles. The van der Waals surface area contributed by atoms with Crippen molar-refractivity contribution in [1.29, 1.82) is 0 Å². The standard InChI is InChI=1S/C7H13NO4S/c1-11-6(9)4-13-3-5(8)7(10)12-2/h5H,3-4,8H2,1-2H3. The zero-order chi connectivity index (χ0) is 10.3. The number of methoxy groups -OCH3 is 2. The molecule has 5 nitrogen and oxygen atoms in total. The summed E-state index contributed by atoms with van der Waals surface area (Å²) < 4.78 is 8.80. The monoisotopic (exact) mass is 207 g/mol. The van der Waals surface area contributed by atoms with Crippen molar-refractivity contribution in [1.82, 2.24) is 0 Å². The van der Waals surface area contributed by atoms with E-state index < -0.39 is 12.0 Å². The molecule has 0 saturated heterocycles. The Bertz CT molecular complexity index is 185. The maximum atomic E-state index is 10.8. The van der Waals surface area contributed by atoms with Gasteiger partial charge in [-0.3, -0.25) is 9.59 Å². The number of rotatable bonds is 5. The molecule has 1 atom stereocenters. The van der Waals surface area contributed by atoms with Gasteiger partial charge in [0, 0.05) is 5.75 Å². The first-order chi connectivity index (χ1) is 6.11. The molecule has 1 unspecified atom stereocenters. The zero-order valence-corrected chi connectivity index (χ0v) is 8.43. The van der Waals surface area contributed by atoms with Gasteiger partial charge in [0.05, 0.1) is 20.0 Å². The lowest BCUT2D eigenvalue weighted by Crippen LogP contribution is -2.34. The molecule has 0 saturated carbocycles. The quantitative estimate of drug-likeness (QED) is 0.606. The number of hydrogen-bond acceptors (Lipinski definition) is 6. The fourth-order valence-electron chi connectivity index (χ4n) is 0.548. The van der Waals surface area contributed by atoms with E-state index in [2.05, 4.69) is 9.47 Å². The van der Waals surface area contributed by atoms with Crippen LogP contribution in [0.15, 0.2) is 0 Å². The highest BCUT2D eigenvalue weighted by Crippen LogP contribution is 2.02. The molecule has 13 heavy (non-hydrogen) atoms. The van der Waals surface area contributed by atoms with Gasteiger partial charge >= 0.3 is 11.9 Å². The van der Waals surface area contributed by atoms with E-state index >= 15 is 0 Å². The third kappa shape index (κ3) is 5.48. The predicted molar refractivity (Wildman–Crippen MR) is 49.3 cm³/mol. The second-order valence-electron chi connectivity index (χ2n) is 2.22. The molecule has 2 N–H and O–H groups in total. The molecule has 0 aromatic rings. The molecule has 76 valence electrons. The number of nitrogens with two attached hydrogens (primary N) is 1. The lowest BCUT2D eigenvalue weighted by atomic mass is 10.4. The molecule has 0 aliphatic rings. The second-order valence-corrected chi connectivity index (χ2v) is 3.25. The van der Waals surface area contributed by atoms with Crippen molar-refractivity contribution >= 4 is 23.7 Å². The molecule has 0 fully saturated rings. The van der Waals surface area contributed by atoms with Crippen LogP contribution >= 0.6 is 11.8 Å². The summed E-state index contributed by atoms with van der Waals surface area (Å²) in [5, 5.41) is 0. The minimum Gasteiger partial charge on any atom is -0.468 e. The Morgan fingerprint density at radius 3 is 2.46 bits per heavy atom. The second kappa shape index (κ2) is 6.73. The molecule has 0 aliphatic heterocycles. The number of carbonyl (C=O) groups excluding carboxylic acids is 2. The first-order valence-corrected chi connectivity index (χ1v) is 4.75. The fraction of sp³-hybridized carbons (Fsp3) is 0.714. The molecule has 0 rings (SSSR count). The zero-order valence-electron chi connectivity index (χ0n) is 7.61. The van der Waals surface area contributed by atoms with Crippen LogP contribution in [0.5, 0.6) is 0 Å². The van der Waals surface area contributed by atoms with Gasteiger partial charge in [-0.1, -0.05) is 0 Å². The number of esters is 2. The molecule has 6 heteroatoms. The molecular weight excluding hydrogens is 194 g/mol. The summed E-state index contributed by atoms with van der Waals surface area (Å²) in [6.07, 6.45) is 0. The summed E-state index contributed by atoms with van der Waals surface area (Å²) in [7, 11) is 2.58. The molecule has 0 radical (unpaired) electrons. The van der Waals surface area contributed by atoms with Gasteiger partial charge in [-0.25, -0.2) is 0 Å². The smallest absolute Gasteiger partial charge is 0.323 e. The molecule has 0 spiro atoms. The van der Waals surface area contributed by atoms with Crippen LogP contribution in [0.1, 0.15) is 0 Å². The van der Waals surface area contributed by atoms with Crippen molar-refractivity contribution in [2.24, 2.45) is 5.73 Å². The van der Waals surface area contributed by atoms with Crippen LogP contribution in [0, 0.1) is 0 Å². The Morgan fingerprint density at radius 1 is 1.38 bits per heavy atom. The van der Waals surface area contributed by atoms with Gasteiger partial charge in [-0.15, -0.1) is 11.8 Å². The molecule has 0 amide bonds. The number of carbonyl (C=O) groups is 2. The topological polar surface area (TPSA) is 78.6 Å². The minimum absolute atomic E-state index is 0.196. The van der Waals surface area contributed by atoms with E-state index in [0.29, 0.717) is 5.75 Å². The minimum atomic E-state index is -0.681. The van der Waals surface area contributed by atoms with Crippen LogP contribution in [-0.4, -0.2) is 43.7 Å². The molecular formula is C7H13NO4S. The van der Waals surface area contributed by atoms with Crippen LogP contribution in [-0.2, 0) is 19.1 Å². The first kappa shape index (κ1) is 12.2. The van der Waals surface area contributed by atoms with E-state index in [-0.39, 0.29) is 11.7 Å². The maximum Gasteiger partial charge on any atom is 0.323 e. The summed E-state index contributed by atoms with van der Waals surface area (Å²) in [6, 6.07) is -0.681. The summed E-state index contributed by atoms with van der Waals surface area (Å²) in [6.45, 7) is 0. The van der Waals surface area contributed by atoms with Gasteiger partial charge in [-0.05, 0) is 0 Å². The van der Waals surface area contributed by atoms with Gasteiger partial charge in [0.2, 0.25) is 0 Å². The number of thioether (sulfide) groups is 1. The van der Waals surface area contributed by atoms with Crippen LogP contribution < -0.4 is 5.73 Å². The van der Waals surface area contributed by atoms with Crippen molar-refractivity contribution in [3.8, 4) is 0 Å². The number of hydrogen-bond donors (Lipinski definition) is 1. The van der Waals surface area contributed by atoms with Crippen LogP contribution in [0.4, 0.5) is 0 Å². The predicted octanol–water partition coefficient (Wildman–Crippen LogP) is -0.607. The highest BCUT2D eigenvalue weighted by atomic mass is 32.2. The van der Waals surface area contributed by atoms with Crippen molar-refractivity contribution in [3.05, 3.63) is 0 Å². The van der Waals surface area contributed by atoms with E-state index in [1.54, 1.807) is 0 Å². The summed E-state index contributed by atoms with van der Waals surface area (Å²) >= 11 is 1.24. The van der Waals surface area contributed by atoms with E-state index in [9.17, 15) is 9.59 Å². The fourth-order valence-corrected chi connectivity index (χ4v) is 1.34. The van der Waals surface area contributed by atoms with Gasteiger partial charge in [0.1, 0.15) is 6.04 Å². The number of ether oxygens (including phenoxy) is 2. The summed E-state index contributed by atoms with van der Waals surface area (Å²) in [5.41, 5.74) is 5.41. The molecule has 0 aromatic carbocycles. The Hall–Kier alpha value is -0.750. The van der Waals surface area contributed by atoms with Gasteiger partial charge in [-0.2, -0.15) is 0 Å². The summed E-state index contributed by atoms with van der Waals surface area (Å²) in [5.74, 6) is -0.261. The van der Waals surface area contributed by atoms with Gasteiger partial charge in [0.25, 0.3) is 0 Å². The largest absolute Gasteiger partial charge is 0.468 e. The summed E-state index contributed by atoms with van der Waals surface area (Å²) in [4.78, 5) is 21.4. The Morgan fingerprint density at radius 2 is 2.00 bits per heavy atom. The average molecular weight is 207 g/mol. The Balaban J connectivity index is 3.53. The molecule has 0 aliphatic carbocycles. The van der Waals surface area contributed by atoms with E-state index in [1.165, 1.54) is 26.0 Å². The van der Waals surface area contributed by atoms with Crippen LogP contribution in [0.2, 0.25) is 0 Å². The molecule has 0 heterocycles. The normalized spacial score (nSPS) is 11.9. The van der Waals surface area contributed by atoms with E-state index in [4.69, 9.17) is 5.73 Å². The highest BCUT2D eigenvalue weighted by molar-refractivity contribution is 8.00. The lowest BCUT2D eigenvalue weighted by molar-refractivity contribution is -0.141. The van der Waals surface area contributed by atoms with Crippen molar-refractivity contribution in [3.63, 3.8) is 0 Å². The highest BCUT2D eigenvalue weighted by Gasteiger charge is 2.13. The SMILES string of the molecule is COC(=O)CSCC(N)C(=O)OC. The lowest BCUT2D eigenvalue weighted by Gasteiger charge is -2.07. The van der Waals surface area contributed by atoms with Gasteiger partial charge in [0.15, 0.2) is 0 Å². The van der Waals surface area contributed by atoms with Crippen LogP contribution in [0.3, 0.4) is 0 Å². The molecule has 0 bridgehead atoms. The van der Waals surface area contributed by atoms with E-state index in [1.807, 2.05) is 0 Å². The van der Waals surface area contributed by atoms with Gasteiger partial charge < -0.3 is 15.2 Å². The van der Waals surface area contributed by atoms with Crippen molar-refractivity contribution in [2.75, 3.05) is 25.7 Å². The van der Waals surface area contributed by atoms with Crippen molar-refractivity contribution in [2.45, 2.75) is 6.04 Å². The third-order valence-corrected chi connectivity index (χ3v) is 2.28. The first-order valence-electron chi connectivity index (χ1n) is 3.59. The van der Waals surface area contributed by atoms with E-state index in [0.717, 1.165) is 0 Å². The van der Waals surface area contributed by atoms with Crippen molar-refractivity contribution < 1.29 is 19.1 Å². The third-order valence-electron chi connectivity index (χ3n) is 1.25. The van der Waals surface area contributed by atoms with Crippen LogP contribution in [0.25, 0.3) is 0 Å². The maximum absolute atomic E-state index is 10.8. The Labute approximate surface area is 80.9 Å². The average Bonchev–Trinajstić information content (AvgIpc) is 2.15. The Kier molecular flexibility index (Phi) is 6.34.